The highest BCUT2D eigenvalue weighted by molar-refractivity contribution is 7.92. The molecule has 0 aliphatic rings. The first-order chi connectivity index (χ1) is 13.1. The summed E-state index contributed by atoms with van der Waals surface area (Å²) in [5, 5.41) is 20.2. The third-order valence-corrected chi connectivity index (χ3v) is 5.71. The number of aromatic carboxylic acids is 1. The van der Waals surface area contributed by atoms with Crippen LogP contribution < -0.4 is 4.72 Å². The van der Waals surface area contributed by atoms with Gasteiger partial charge in [0.25, 0.3) is 10.0 Å². The Balaban J connectivity index is 2.07. The van der Waals surface area contributed by atoms with Gasteiger partial charge in [0.1, 0.15) is 5.82 Å². The molecule has 1 aromatic heterocycles. The monoisotopic (exact) mass is 405 g/mol. The number of carboxylic acids is 1. The molecular weight excluding hydrogens is 389 g/mol. The van der Waals surface area contributed by atoms with E-state index >= 15 is 0 Å². The van der Waals surface area contributed by atoms with E-state index in [2.05, 4.69) is 20.2 Å². The molecule has 2 aromatic carbocycles. The smallest absolute Gasteiger partial charge is 0.335 e. The first-order valence-electron chi connectivity index (χ1n) is 8.02. The Hall–Kier alpha value is -3.34. The van der Waals surface area contributed by atoms with Gasteiger partial charge in [-0.3, -0.25) is 4.72 Å². The molecule has 3 aromatic rings. The van der Waals surface area contributed by atoms with Crippen LogP contribution in [-0.2, 0) is 10.0 Å². The van der Waals surface area contributed by atoms with E-state index in [4.69, 9.17) is 0 Å². The molecule has 0 amide bonds. The number of carbonyl (C=O) groups is 1. The lowest BCUT2D eigenvalue weighted by molar-refractivity contribution is 0.0696. The summed E-state index contributed by atoms with van der Waals surface area (Å²) in [5.74, 6) is -1.63. The minimum atomic E-state index is -4.25. The summed E-state index contributed by atoms with van der Waals surface area (Å²) in [4.78, 5) is 11.0. The average molecular weight is 405 g/mol. The number of carboxylic acid groups (broad SMARTS) is 1. The Bertz CT molecular complexity index is 1190. The second-order valence-electron chi connectivity index (χ2n) is 6.13. The molecule has 9 nitrogen and oxygen atoms in total. The molecule has 0 bridgehead atoms. The van der Waals surface area contributed by atoms with E-state index in [9.17, 15) is 22.7 Å². The van der Waals surface area contributed by atoms with Crippen LogP contribution in [0.15, 0.2) is 35.2 Å². The van der Waals surface area contributed by atoms with Crippen LogP contribution in [-0.4, -0.2) is 39.7 Å². The molecule has 0 atom stereocenters. The number of nitrogens with zero attached hydrogens (tertiary/aromatic N) is 4. The Kier molecular flexibility index (Phi) is 4.86. The fourth-order valence-corrected chi connectivity index (χ4v) is 4.02. The minimum Gasteiger partial charge on any atom is -0.478 e. The number of anilines is 1. The molecule has 28 heavy (non-hydrogen) atoms. The molecule has 0 aliphatic carbocycles. The quantitative estimate of drug-likeness (QED) is 0.666. The standard InChI is InChI=1S/C17H16FN5O4S/c1-9-6-12(17(24)25)7-16(10(9)2)28(26,27)20-15-8-13(4-5-14(15)18)23-11(3)19-21-22-23/h4-8,20H,1-3H3,(H,24,25). The summed E-state index contributed by atoms with van der Waals surface area (Å²) < 4.78 is 43.5. The van der Waals surface area contributed by atoms with E-state index in [1.54, 1.807) is 20.8 Å². The summed E-state index contributed by atoms with van der Waals surface area (Å²) in [5.41, 5.74) is 0.713. The van der Waals surface area contributed by atoms with Crippen molar-refractivity contribution in [2.45, 2.75) is 25.7 Å². The van der Waals surface area contributed by atoms with Gasteiger partial charge in [0.15, 0.2) is 5.82 Å². The third-order valence-electron chi connectivity index (χ3n) is 4.22. The van der Waals surface area contributed by atoms with Crippen LogP contribution in [0.1, 0.15) is 27.3 Å². The number of aryl methyl sites for hydroxylation is 2. The number of benzene rings is 2. The highest BCUT2D eigenvalue weighted by Gasteiger charge is 2.22. The highest BCUT2D eigenvalue weighted by Crippen LogP contribution is 2.26. The van der Waals surface area contributed by atoms with Crippen molar-refractivity contribution in [3.05, 3.63) is 58.7 Å². The van der Waals surface area contributed by atoms with Crippen LogP contribution in [0, 0.1) is 26.6 Å². The molecule has 3 rings (SSSR count). The van der Waals surface area contributed by atoms with Gasteiger partial charge in [-0.15, -0.1) is 5.10 Å². The minimum absolute atomic E-state index is 0.179. The van der Waals surface area contributed by atoms with Crippen molar-refractivity contribution < 1.29 is 22.7 Å². The van der Waals surface area contributed by atoms with Crippen molar-refractivity contribution in [1.82, 2.24) is 20.2 Å². The Morgan fingerprint density at radius 1 is 1.18 bits per heavy atom. The van der Waals surface area contributed by atoms with Crippen molar-refractivity contribution in [1.29, 1.82) is 0 Å². The number of rotatable bonds is 5. The van der Waals surface area contributed by atoms with Crippen molar-refractivity contribution >= 4 is 21.7 Å². The molecule has 11 heteroatoms. The number of nitrogens with one attached hydrogen (secondary N) is 1. The molecule has 0 spiro atoms. The van der Waals surface area contributed by atoms with E-state index < -0.39 is 21.8 Å². The largest absolute Gasteiger partial charge is 0.478 e. The fourth-order valence-electron chi connectivity index (χ4n) is 2.62. The van der Waals surface area contributed by atoms with E-state index in [1.165, 1.54) is 22.9 Å². The lowest BCUT2D eigenvalue weighted by Crippen LogP contribution is -2.17. The van der Waals surface area contributed by atoms with Gasteiger partial charge in [0.2, 0.25) is 0 Å². The van der Waals surface area contributed by atoms with Crippen LogP contribution in [0.2, 0.25) is 0 Å². The molecule has 0 unspecified atom stereocenters. The highest BCUT2D eigenvalue weighted by atomic mass is 32.2. The molecule has 0 aliphatic heterocycles. The van der Waals surface area contributed by atoms with E-state index in [-0.39, 0.29) is 16.1 Å². The van der Waals surface area contributed by atoms with Gasteiger partial charge in [-0.2, -0.15) is 4.68 Å². The summed E-state index contributed by atoms with van der Waals surface area (Å²) in [6.45, 7) is 4.78. The number of halogens is 1. The lowest BCUT2D eigenvalue weighted by atomic mass is 10.1. The summed E-state index contributed by atoms with van der Waals surface area (Å²) in [7, 11) is -4.25. The van der Waals surface area contributed by atoms with Crippen molar-refractivity contribution in [2.75, 3.05) is 4.72 Å². The fraction of sp³-hybridized carbons (Fsp3) is 0.176. The number of tetrazole rings is 1. The lowest BCUT2D eigenvalue weighted by Gasteiger charge is -2.14. The van der Waals surface area contributed by atoms with Crippen molar-refractivity contribution in [2.24, 2.45) is 0 Å². The molecule has 146 valence electrons. The van der Waals surface area contributed by atoms with Crippen molar-refractivity contribution in [3.63, 3.8) is 0 Å². The first-order valence-corrected chi connectivity index (χ1v) is 9.51. The Labute approximate surface area is 159 Å². The summed E-state index contributed by atoms with van der Waals surface area (Å²) in [6, 6.07) is 6.15. The maximum atomic E-state index is 14.3. The zero-order valence-corrected chi connectivity index (χ0v) is 16.0. The second-order valence-corrected chi connectivity index (χ2v) is 7.78. The third kappa shape index (κ3) is 3.56. The maximum Gasteiger partial charge on any atom is 0.335 e. The van der Waals surface area contributed by atoms with Gasteiger partial charge in [0, 0.05) is 0 Å². The van der Waals surface area contributed by atoms with E-state index in [0.29, 0.717) is 22.6 Å². The first kappa shape index (κ1) is 19.4. The summed E-state index contributed by atoms with van der Waals surface area (Å²) in [6.07, 6.45) is 0. The van der Waals surface area contributed by atoms with Gasteiger partial charge >= 0.3 is 5.97 Å². The molecule has 0 radical (unpaired) electrons. The van der Waals surface area contributed by atoms with Crippen LogP contribution in [0.3, 0.4) is 0 Å². The molecule has 0 saturated heterocycles. The van der Waals surface area contributed by atoms with Crippen LogP contribution in [0.4, 0.5) is 10.1 Å². The van der Waals surface area contributed by atoms with Crippen molar-refractivity contribution in [3.8, 4) is 5.69 Å². The molecule has 0 fully saturated rings. The molecule has 2 N–H and O–H groups in total. The second kappa shape index (κ2) is 7.00. The van der Waals surface area contributed by atoms with Crippen LogP contribution in [0.25, 0.3) is 5.69 Å². The number of sulfonamides is 1. The van der Waals surface area contributed by atoms with Gasteiger partial charge in [-0.1, -0.05) is 0 Å². The predicted octanol–water partition coefficient (Wildman–Crippen LogP) is 2.23. The molecule has 1 heterocycles. The van der Waals surface area contributed by atoms with Gasteiger partial charge in [-0.05, 0) is 72.7 Å². The van der Waals surface area contributed by atoms with Gasteiger partial charge < -0.3 is 5.11 Å². The SMILES string of the molecule is Cc1cc(C(=O)O)cc(S(=O)(=O)Nc2cc(-n3nnnc3C)ccc2F)c1C. The normalized spacial score (nSPS) is 11.4. The number of hydrogen-bond acceptors (Lipinski definition) is 6. The van der Waals surface area contributed by atoms with E-state index in [0.717, 1.165) is 12.1 Å². The molecule has 0 saturated carbocycles. The Morgan fingerprint density at radius 2 is 1.89 bits per heavy atom. The predicted molar refractivity (Wildman–Crippen MR) is 97.5 cm³/mol. The average Bonchev–Trinajstić information content (AvgIpc) is 3.04. The zero-order chi connectivity index (χ0) is 20.6. The Morgan fingerprint density at radius 3 is 2.50 bits per heavy atom. The van der Waals surface area contributed by atoms with E-state index in [1.807, 2.05) is 0 Å². The maximum absolute atomic E-state index is 14.3. The van der Waals surface area contributed by atoms with Crippen LogP contribution >= 0.6 is 0 Å². The number of hydrogen-bond donors (Lipinski definition) is 2. The topological polar surface area (TPSA) is 127 Å². The summed E-state index contributed by atoms with van der Waals surface area (Å²) >= 11 is 0. The number of aromatic nitrogens is 4. The van der Waals surface area contributed by atoms with Crippen LogP contribution in [0.5, 0.6) is 0 Å². The van der Waals surface area contributed by atoms with Gasteiger partial charge in [0.05, 0.1) is 21.8 Å². The zero-order valence-electron chi connectivity index (χ0n) is 15.1. The molecular formula is C17H16FN5O4S. The van der Waals surface area contributed by atoms with Gasteiger partial charge in [-0.25, -0.2) is 17.6 Å².